The number of hydrogen-bond acceptors (Lipinski definition) is 15. The summed E-state index contributed by atoms with van der Waals surface area (Å²) in [5, 5.41) is 18.9. The number of fused-ring (bicyclic) bond motifs is 2. The minimum Gasteiger partial charge on any atom is -0.481 e. The Morgan fingerprint density at radius 1 is 0.765 bits per heavy atom. The van der Waals surface area contributed by atoms with E-state index in [0.717, 1.165) is 18.2 Å². The van der Waals surface area contributed by atoms with Gasteiger partial charge in [0.2, 0.25) is 23.1 Å². The van der Waals surface area contributed by atoms with Crippen LogP contribution in [0.1, 0.15) is 44.7 Å². The zero-order valence-corrected chi connectivity index (χ0v) is 28.1. The molecule has 5 rings (SSSR count). The van der Waals surface area contributed by atoms with Crippen LogP contribution in [0.4, 0.5) is 34.6 Å². The van der Waals surface area contributed by atoms with Gasteiger partial charge in [0, 0.05) is 36.3 Å². The molecule has 266 valence electrons. The van der Waals surface area contributed by atoms with Crippen LogP contribution >= 0.6 is 11.6 Å². The first kappa shape index (κ1) is 36.5. The Morgan fingerprint density at radius 3 is 2.02 bits per heavy atom. The van der Waals surface area contributed by atoms with Crippen molar-refractivity contribution in [3.63, 3.8) is 0 Å². The van der Waals surface area contributed by atoms with Crippen LogP contribution in [0.3, 0.4) is 0 Å². The fraction of sp³-hybridized carbons (Fsp3) is 0.138. The first-order valence-electron chi connectivity index (χ1n) is 14.4. The number of nitrogens with one attached hydrogen (secondary N) is 4. The summed E-state index contributed by atoms with van der Waals surface area (Å²) in [6, 6.07) is 9.75. The molecule has 0 unspecified atom stereocenters. The summed E-state index contributed by atoms with van der Waals surface area (Å²) in [4.78, 5) is 59.5. The number of ketones is 2. The molecule has 51 heavy (non-hydrogen) atoms. The monoisotopic (exact) mass is 760 g/mol. The fourth-order valence-electron chi connectivity index (χ4n) is 4.97. The molecule has 0 bridgehead atoms. The standard InChI is InChI=1S/C29H25ClN8O11S2/c30-27-36-28(33-10-9-32-20(39)7-8-21(40)41)38-29(37-27)34-13-5-6-16(18(11-13)50(44,45)46)35-17-12-19(51(47,48)49)24(31)23-22(17)25(42)14-3-1-2-4-15(14)26(23)43/h1-6,11-12,35H,7-10,31H2,(H,32,39)(H,40,41)(H,44,45,46)(H,47,48,49)(H2,33,34,36,37,38). The predicted octanol–water partition coefficient (Wildman–Crippen LogP) is 2.26. The number of nitrogens with zero attached hydrogens (tertiary/aromatic N) is 3. The number of hydrogen-bond donors (Lipinski definition) is 8. The Balaban J connectivity index is 1.45. The molecule has 3 aromatic carbocycles. The van der Waals surface area contributed by atoms with Crippen molar-refractivity contribution < 1.29 is 50.2 Å². The molecule has 9 N–H and O–H groups in total. The number of nitrogen functional groups attached to an aromatic ring is 1. The van der Waals surface area contributed by atoms with Crippen molar-refractivity contribution in [2.24, 2.45) is 0 Å². The van der Waals surface area contributed by atoms with Crippen molar-refractivity contribution in [2.75, 3.05) is 34.8 Å². The second-order valence-corrected chi connectivity index (χ2v) is 13.7. The number of halogens is 1. The number of nitrogens with two attached hydrogens (primary N) is 1. The van der Waals surface area contributed by atoms with Crippen LogP contribution in [0.2, 0.25) is 5.28 Å². The number of amides is 1. The lowest BCUT2D eigenvalue weighted by molar-refractivity contribution is -0.138. The zero-order chi connectivity index (χ0) is 37.2. The second kappa shape index (κ2) is 14.2. The van der Waals surface area contributed by atoms with E-state index in [0.29, 0.717) is 0 Å². The first-order chi connectivity index (χ1) is 23.9. The molecule has 4 aromatic rings. The van der Waals surface area contributed by atoms with E-state index in [1.807, 2.05) is 0 Å². The molecule has 0 saturated carbocycles. The van der Waals surface area contributed by atoms with E-state index in [1.54, 1.807) is 0 Å². The number of aromatic nitrogens is 3. The molecule has 0 spiro atoms. The predicted molar refractivity (Wildman–Crippen MR) is 180 cm³/mol. The molecule has 22 heteroatoms. The number of benzene rings is 3. The maximum atomic E-state index is 13.6. The summed E-state index contributed by atoms with van der Waals surface area (Å²) >= 11 is 6.00. The quantitative estimate of drug-likeness (QED) is 0.0484. The highest BCUT2D eigenvalue weighted by molar-refractivity contribution is 7.86. The van der Waals surface area contributed by atoms with E-state index in [9.17, 15) is 45.1 Å². The maximum Gasteiger partial charge on any atom is 0.303 e. The van der Waals surface area contributed by atoms with Gasteiger partial charge < -0.3 is 32.1 Å². The Morgan fingerprint density at radius 2 is 1.39 bits per heavy atom. The van der Waals surface area contributed by atoms with Gasteiger partial charge in [-0.3, -0.25) is 28.3 Å². The summed E-state index contributed by atoms with van der Waals surface area (Å²) in [5.41, 5.74) is 3.37. The molecule has 1 heterocycles. The summed E-state index contributed by atoms with van der Waals surface area (Å²) < 4.78 is 69.6. The molecule has 0 radical (unpaired) electrons. The molecule has 19 nitrogen and oxygen atoms in total. The van der Waals surface area contributed by atoms with Crippen LogP contribution in [0.15, 0.2) is 58.3 Å². The fourth-order valence-corrected chi connectivity index (χ4v) is 6.45. The third kappa shape index (κ3) is 8.19. The third-order valence-corrected chi connectivity index (χ3v) is 9.12. The number of carbonyl (C=O) groups is 4. The van der Waals surface area contributed by atoms with Crippen molar-refractivity contribution in [3.8, 4) is 0 Å². The average molecular weight is 761 g/mol. The lowest BCUT2D eigenvalue weighted by Crippen LogP contribution is -2.29. The molecule has 0 saturated heterocycles. The SMILES string of the molecule is Nc1c(S(=O)(=O)O)cc(Nc2ccc(Nc3nc(Cl)nc(NCCNC(=O)CCC(=O)O)n3)cc2S(=O)(=O)O)c2c1C(=O)c1ccccc1C2=O. The van der Waals surface area contributed by atoms with E-state index in [-0.39, 0.29) is 59.9 Å². The van der Waals surface area contributed by atoms with Crippen molar-refractivity contribution in [1.82, 2.24) is 20.3 Å². The number of rotatable bonds is 13. The normalized spacial score (nSPS) is 12.5. The Hall–Kier alpha value is -5.74. The van der Waals surface area contributed by atoms with Crippen molar-refractivity contribution >= 4 is 89.9 Å². The van der Waals surface area contributed by atoms with E-state index in [2.05, 4.69) is 36.2 Å². The first-order valence-corrected chi connectivity index (χ1v) is 17.6. The van der Waals surface area contributed by atoms with Gasteiger partial charge in [0.05, 0.1) is 34.6 Å². The van der Waals surface area contributed by atoms with Gasteiger partial charge in [0.1, 0.15) is 9.79 Å². The highest BCUT2D eigenvalue weighted by Gasteiger charge is 2.37. The van der Waals surface area contributed by atoms with Crippen molar-refractivity contribution in [3.05, 3.63) is 76.1 Å². The van der Waals surface area contributed by atoms with Gasteiger partial charge in [-0.1, -0.05) is 24.3 Å². The summed E-state index contributed by atoms with van der Waals surface area (Å²) in [5.74, 6) is -3.45. The Kier molecular flexibility index (Phi) is 10.2. The second-order valence-electron chi connectivity index (χ2n) is 10.6. The molecule has 1 aliphatic rings. The largest absolute Gasteiger partial charge is 0.481 e. The van der Waals surface area contributed by atoms with Gasteiger partial charge in [0.25, 0.3) is 20.2 Å². The molecular formula is C29H25ClN8O11S2. The number of carboxylic acid groups (broad SMARTS) is 1. The van der Waals surface area contributed by atoms with Crippen LogP contribution in [0, 0.1) is 0 Å². The van der Waals surface area contributed by atoms with E-state index in [1.165, 1.54) is 30.3 Å². The number of anilines is 6. The van der Waals surface area contributed by atoms with Crippen molar-refractivity contribution in [1.29, 1.82) is 0 Å². The molecule has 0 aliphatic heterocycles. The minimum atomic E-state index is -5.08. The van der Waals surface area contributed by atoms with E-state index in [4.69, 9.17) is 22.4 Å². The number of aliphatic carboxylic acids is 1. The van der Waals surface area contributed by atoms with Gasteiger partial charge in [-0.05, 0) is 35.9 Å². The lowest BCUT2D eigenvalue weighted by atomic mass is 9.82. The maximum absolute atomic E-state index is 13.6. The molecule has 1 aromatic heterocycles. The Labute approximate surface area is 293 Å². The molecule has 1 aliphatic carbocycles. The van der Waals surface area contributed by atoms with Crippen LogP contribution in [-0.2, 0) is 29.8 Å². The molecule has 0 atom stereocenters. The third-order valence-electron chi connectivity index (χ3n) is 7.17. The van der Waals surface area contributed by atoms with Gasteiger partial charge in [-0.25, -0.2) is 0 Å². The van der Waals surface area contributed by atoms with Crippen LogP contribution in [-0.4, -0.2) is 82.5 Å². The van der Waals surface area contributed by atoms with E-state index >= 15 is 0 Å². The highest BCUT2D eigenvalue weighted by Crippen LogP contribution is 2.41. The molecular weight excluding hydrogens is 736 g/mol. The van der Waals surface area contributed by atoms with Gasteiger partial charge in [0.15, 0.2) is 11.6 Å². The molecule has 1 amide bonds. The topological polar surface area (TPSA) is 310 Å². The molecule has 0 fully saturated rings. The van der Waals surface area contributed by atoms with Gasteiger partial charge in [-0.15, -0.1) is 0 Å². The number of carboxylic acids is 1. The van der Waals surface area contributed by atoms with Crippen molar-refractivity contribution in [2.45, 2.75) is 22.6 Å². The number of carbonyl (C=O) groups excluding carboxylic acids is 3. The van der Waals surface area contributed by atoms with Gasteiger partial charge in [-0.2, -0.15) is 31.8 Å². The van der Waals surface area contributed by atoms with Gasteiger partial charge >= 0.3 is 5.97 Å². The lowest BCUT2D eigenvalue weighted by Gasteiger charge is -2.24. The minimum absolute atomic E-state index is 0.0229. The summed E-state index contributed by atoms with van der Waals surface area (Å²) in [6.07, 6.45) is -0.539. The average Bonchev–Trinajstić information content (AvgIpc) is 3.04. The summed E-state index contributed by atoms with van der Waals surface area (Å²) in [6.45, 7) is 0.172. The van der Waals surface area contributed by atoms with Crippen LogP contribution < -0.4 is 27.0 Å². The zero-order valence-electron chi connectivity index (χ0n) is 25.7. The highest BCUT2D eigenvalue weighted by atomic mass is 35.5. The smallest absolute Gasteiger partial charge is 0.303 e. The van der Waals surface area contributed by atoms with Crippen LogP contribution in [0.5, 0.6) is 0 Å². The Bertz CT molecular complexity index is 2360. The van der Waals surface area contributed by atoms with E-state index < -0.39 is 81.7 Å². The summed E-state index contributed by atoms with van der Waals surface area (Å²) in [7, 11) is -10.1. The van der Waals surface area contributed by atoms with Crippen LogP contribution in [0.25, 0.3) is 0 Å².